The van der Waals surface area contributed by atoms with Crippen molar-refractivity contribution in [2.24, 2.45) is 4.99 Å². The molecule has 1 aliphatic heterocycles. The predicted molar refractivity (Wildman–Crippen MR) is 170 cm³/mol. The van der Waals surface area contributed by atoms with Crippen molar-refractivity contribution in [2.45, 2.75) is 27.4 Å². The highest BCUT2D eigenvalue weighted by Gasteiger charge is 2.32. The first-order valence-corrected chi connectivity index (χ1v) is 15.2. The zero-order valence-electron chi connectivity index (χ0n) is 21.7. The summed E-state index contributed by atoms with van der Waals surface area (Å²) in [5.41, 5.74) is 3.40. The van der Waals surface area contributed by atoms with Gasteiger partial charge in [0.1, 0.15) is 12.4 Å². The Bertz CT molecular complexity index is 1440. The number of aliphatic imine (C=N–C) groups is 1. The summed E-state index contributed by atoms with van der Waals surface area (Å²) in [7, 11) is 0. The number of rotatable bonds is 9. The molecule has 1 aliphatic rings. The van der Waals surface area contributed by atoms with Crippen LogP contribution in [0.15, 0.2) is 69.0 Å². The number of carbonyl (C=O) groups is 1. The van der Waals surface area contributed by atoms with Crippen molar-refractivity contribution in [1.29, 1.82) is 0 Å². The third-order valence-corrected chi connectivity index (χ3v) is 9.10. The van der Waals surface area contributed by atoms with E-state index in [1.165, 1.54) is 11.8 Å². The van der Waals surface area contributed by atoms with Crippen molar-refractivity contribution >= 4 is 91.0 Å². The van der Waals surface area contributed by atoms with Crippen LogP contribution in [0.3, 0.4) is 0 Å². The molecular formula is C29H27BrCl3N3O2S. The van der Waals surface area contributed by atoms with Crippen LogP contribution in [0, 0.1) is 0 Å². The number of amides is 1. The Labute approximate surface area is 256 Å². The normalized spacial score (nSPS) is 15.5. The van der Waals surface area contributed by atoms with Crippen molar-refractivity contribution in [3.8, 4) is 5.75 Å². The summed E-state index contributed by atoms with van der Waals surface area (Å²) < 4.78 is 7.08. The largest absolute Gasteiger partial charge is 0.488 e. The van der Waals surface area contributed by atoms with Gasteiger partial charge >= 0.3 is 0 Å². The monoisotopic (exact) mass is 665 g/mol. The van der Waals surface area contributed by atoms with Crippen LogP contribution in [0.4, 0.5) is 11.4 Å². The van der Waals surface area contributed by atoms with Gasteiger partial charge in [-0.15, -0.1) is 0 Å². The molecule has 10 heteroatoms. The Morgan fingerprint density at radius 2 is 1.74 bits per heavy atom. The molecule has 0 bridgehead atoms. The summed E-state index contributed by atoms with van der Waals surface area (Å²) in [5, 5.41) is 2.13. The van der Waals surface area contributed by atoms with Gasteiger partial charge < -0.3 is 9.64 Å². The number of anilines is 1. The third-order valence-electron chi connectivity index (χ3n) is 6.12. The predicted octanol–water partition coefficient (Wildman–Crippen LogP) is 9.46. The number of nitrogens with zero attached hydrogens (tertiary/aromatic N) is 3. The van der Waals surface area contributed by atoms with E-state index in [2.05, 4.69) is 34.7 Å². The fourth-order valence-corrected chi connectivity index (χ4v) is 5.82. The van der Waals surface area contributed by atoms with Crippen LogP contribution in [0.5, 0.6) is 5.75 Å². The van der Waals surface area contributed by atoms with Gasteiger partial charge in [0.25, 0.3) is 5.91 Å². The van der Waals surface area contributed by atoms with Crippen LogP contribution in [0.1, 0.15) is 31.9 Å². The molecule has 1 saturated heterocycles. The van der Waals surface area contributed by atoms with Gasteiger partial charge in [0, 0.05) is 41.4 Å². The summed E-state index contributed by atoms with van der Waals surface area (Å²) in [6, 6.07) is 16.9. The van der Waals surface area contributed by atoms with Gasteiger partial charge in [0.2, 0.25) is 0 Å². The minimum atomic E-state index is -0.104. The average molecular weight is 668 g/mol. The first kappa shape index (κ1) is 29.8. The maximum Gasteiger partial charge on any atom is 0.266 e. The van der Waals surface area contributed by atoms with E-state index in [-0.39, 0.29) is 5.91 Å². The molecule has 1 fully saturated rings. The smallest absolute Gasteiger partial charge is 0.266 e. The lowest BCUT2D eigenvalue weighted by molar-refractivity contribution is -0.122. The van der Waals surface area contributed by atoms with E-state index >= 15 is 0 Å². The Hall–Kier alpha value is -2.16. The van der Waals surface area contributed by atoms with Gasteiger partial charge in [-0.2, -0.15) is 0 Å². The SMILES string of the molecule is CCN1C(=O)/C(=C\c2ccc(N(CC)CC)cc2OCc2ccc(Cl)c(Cl)c2)SC1=Nc1ccc(Br)c(Cl)c1. The van der Waals surface area contributed by atoms with E-state index in [0.717, 1.165) is 34.4 Å². The Kier molecular flexibility index (Phi) is 10.3. The van der Waals surface area contributed by atoms with Gasteiger partial charge in [-0.25, -0.2) is 4.99 Å². The molecule has 4 rings (SSSR count). The van der Waals surface area contributed by atoms with Crippen LogP contribution in [-0.4, -0.2) is 35.6 Å². The molecule has 0 N–H and O–H groups in total. The van der Waals surface area contributed by atoms with Gasteiger partial charge in [-0.05, 0) is 103 Å². The molecule has 0 aliphatic carbocycles. The second kappa shape index (κ2) is 13.5. The number of carbonyl (C=O) groups excluding carboxylic acids is 1. The quantitative estimate of drug-likeness (QED) is 0.213. The number of hydrogen-bond donors (Lipinski definition) is 0. The highest BCUT2D eigenvalue weighted by Crippen LogP contribution is 2.37. The van der Waals surface area contributed by atoms with E-state index in [1.54, 1.807) is 23.1 Å². The first-order chi connectivity index (χ1) is 18.7. The molecule has 1 heterocycles. The van der Waals surface area contributed by atoms with Crippen molar-refractivity contribution < 1.29 is 9.53 Å². The molecule has 1 amide bonds. The van der Waals surface area contributed by atoms with Gasteiger partial charge in [-0.1, -0.05) is 40.9 Å². The van der Waals surface area contributed by atoms with Crippen molar-refractivity contribution in [3.63, 3.8) is 0 Å². The molecule has 0 atom stereocenters. The number of hydrogen-bond acceptors (Lipinski definition) is 5. The third kappa shape index (κ3) is 7.14. The Morgan fingerprint density at radius 3 is 2.41 bits per heavy atom. The summed E-state index contributed by atoms with van der Waals surface area (Å²) in [6.45, 7) is 8.67. The molecule has 5 nitrogen and oxygen atoms in total. The van der Waals surface area contributed by atoms with Crippen LogP contribution < -0.4 is 9.64 Å². The van der Waals surface area contributed by atoms with E-state index in [9.17, 15) is 4.79 Å². The molecule has 0 saturated carbocycles. The van der Waals surface area contributed by atoms with Crippen molar-refractivity contribution in [2.75, 3.05) is 24.5 Å². The summed E-state index contributed by atoms with van der Waals surface area (Å²) in [6.07, 6.45) is 1.86. The minimum absolute atomic E-state index is 0.104. The molecule has 0 unspecified atom stereocenters. The number of amidine groups is 1. The van der Waals surface area contributed by atoms with Gasteiger partial charge in [0.15, 0.2) is 5.17 Å². The molecule has 0 radical (unpaired) electrons. The number of likely N-dealkylation sites (N-methyl/N-ethyl adjacent to an activating group) is 1. The van der Waals surface area contributed by atoms with Crippen LogP contribution >= 0.6 is 62.5 Å². The first-order valence-electron chi connectivity index (χ1n) is 12.4. The average Bonchev–Trinajstić information content (AvgIpc) is 3.21. The topological polar surface area (TPSA) is 45.1 Å². The lowest BCUT2D eigenvalue weighted by atomic mass is 10.1. The Balaban J connectivity index is 1.68. The van der Waals surface area contributed by atoms with Crippen molar-refractivity contribution in [3.05, 3.63) is 90.2 Å². The summed E-state index contributed by atoms with van der Waals surface area (Å²) in [5.74, 6) is 0.562. The standard InChI is InChI=1S/C29H27BrCl3N3O2S/c1-4-35(5-2)21-10-8-19(26(16-21)38-17-18-7-12-23(31)25(33)13-18)14-27-28(37)36(6-3)29(39-27)34-20-9-11-22(30)24(32)15-20/h7-16H,4-6,17H2,1-3H3/b27-14+,34-29?. The second-order valence-corrected chi connectivity index (χ2v) is 11.7. The van der Waals surface area contributed by atoms with Crippen molar-refractivity contribution in [1.82, 2.24) is 4.90 Å². The maximum absolute atomic E-state index is 13.3. The highest BCUT2D eigenvalue weighted by molar-refractivity contribution is 9.10. The molecule has 3 aromatic rings. The molecular weight excluding hydrogens is 641 g/mol. The number of halogens is 4. The molecule has 204 valence electrons. The zero-order chi connectivity index (χ0) is 28.1. The maximum atomic E-state index is 13.3. The number of thioether (sulfide) groups is 1. The fraction of sp³-hybridized carbons (Fsp3) is 0.241. The number of ether oxygens (including phenoxy) is 1. The minimum Gasteiger partial charge on any atom is -0.488 e. The second-order valence-electron chi connectivity index (χ2n) is 8.58. The summed E-state index contributed by atoms with van der Waals surface area (Å²) in [4.78, 5) is 22.5. The van der Waals surface area contributed by atoms with Crippen LogP contribution in [0.25, 0.3) is 6.08 Å². The highest BCUT2D eigenvalue weighted by atomic mass is 79.9. The molecule has 39 heavy (non-hydrogen) atoms. The van der Waals surface area contributed by atoms with E-state index in [1.807, 2.05) is 49.4 Å². The molecule has 0 aromatic heterocycles. The molecule has 0 spiro atoms. The number of benzene rings is 3. The van der Waals surface area contributed by atoms with Crippen LogP contribution in [0.2, 0.25) is 15.1 Å². The van der Waals surface area contributed by atoms with E-state index in [0.29, 0.717) is 49.7 Å². The van der Waals surface area contributed by atoms with Gasteiger partial charge in [-0.3, -0.25) is 9.69 Å². The summed E-state index contributed by atoms with van der Waals surface area (Å²) >= 11 is 23.3. The fourth-order valence-electron chi connectivity index (χ4n) is 4.02. The lowest BCUT2D eigenvalue weighted by Gasteiger charge is -2.22. The lowest BCUT2D eigenvalue weighted by Crippen LogP contribution is -2.28. The van der Waals surface area contributed by atoms with Crippen LogP contribution in [-0.2, 0) is 11.4 Å². The zero-order valence-corrected chi connectivity index (χ0v) is 26.4. The Morgan fingerprint density at radius 1 is 0.974 bits per heavy atom. The van der Waals surface area contributed by atoms with E-state index in [4.69, 9.17) is 44.5 Å². The molecule has 3 aromatic carbocycles. The van der Waals surface area contributed by atoms with E-state index < -0.39 is 0 Å². The van der Waals surface area contributed by atoms with Gasteiger partial charge in [0.05, 0.1) is 25.7 Å².